The van der Waals surface area contributed by atoms with Crippen molar-refractivity contribution >= 4 is 5.78 Å². The maximum atomic E-state index is 13.0. The lowest BCUT2D eigenvalue weighted by Crippen LogP contribution is -2.12. The third-order valence-corrected chi connectivity index (χ3v) is 2.57. The largest absolute Gasteiger partial charge is 0.294 e. The monoisotopic (exact) mass is 178 g/mol. The molecule has 0 fully saturated rings. The summed E-state index contributed by atoms with van der Waals surface area (Å²) in [4.78, 5) is 11.4. The molecular formula is C11H11FO. The standard InChI is InChI=1S/C11H11FO/c1-7-5-8(12)6-10-9(7)3-2-4-11(10)13/h5-6H,2-4H2,1H3. The van der Waals surface area contributed by atoms with E-state index in [1.807, 2.05) is 6.92 Å². The van der Waals surface area contributed by atoms with Gasteiger partial charge in [-0.05, 0) is 43.0 Å². The predicted octanol–water partition coefficient (Wildman–Crippen LogP) is 2.65. The summed E-state index contributed by atoms with van der Waals surface area (Å²) in [5.41, 5.74) is 2.55. The second-order valence-corrected chi connectivity index (χ2v) is 3.53. The molecule has 0 aromatic heterocycles. The molecule has 0 N–H and O–H groups in total. The van der Waals surface area contributed by atoms with E-state index in [4.69, 9.17) is 0 Å². The molecule has 0 unspecified atom stereocenters. The fourth-order valence-corrected chi connectivity index (χ4v) is 1.91. The normalized spacial score (nSPS) is 15.7. The summed E-state index contributed by atoms with van der Waals surface area (Å²) in [6, 6.07) is 2.86. The number of rotatable bonds is 0. The van der Waals surface area contributed by atoms with E-state index in [0.29, 0.717) is 12.0 Å². The van der Waals surface area contributed by atoms with Crippen molar-refractivity contribution in [2.24, 2.45) is 0 Å². The molecule has 0 amide bonds. The molecule has 1 nitrogen and oxygen atoms in total. The minimum atomic E-state index is -0.300. The summed E-state index contributed by atoms with van der Waals surface area (Å²) in [7, 11) is 0. The van der Waals surface area contributed by atoms with E-state index in [-0.39, 0.29) is 11.6 Å². The lowest BCUT2D eigenvalue weighted by atomic mass is 9.88. The number of Topliss-reactive ketones (excluding diaryl/α,β-unsaturated/α-hetero) is 1. The van der Waals surface area contributed by atoms with E-state index in [1.165, 1.54) is 12.1 Å². The van der Waals surface area contributed by atoms with Crippen LogP contribution in [0.3, 0.4) is 0 Å². The van der Waals surface area contributed by atoms with Gasteiger partial charge in [-0.15, -0.1) is 0 Å². The molecule has 0 heterocycles. The quantitative estimate of drug-likeness (QED) is 0.597. The number of ketones is 1. The van der Waals surface area contributed by atoms with Crippen molar-refractivity contribution in [2.45, 2.75) is 26.2 Å². The van der Waals surface area contributed by atoms with Gasteiger partial charge >= 0.3 is 0 Å². The summed E-state index contributed by atoms with van der Waals surface area (Å²) >= 11 is 0. The SMILES string of the molecule is Cc1cc(F)cc2c1CCCC2=O. The van der Waals surface area contributed by atoms with Crippen LogP contribution in [0.1, 0.15) is 34.3 Å². The first kappa shape index (κ1) is 8.42. The van der Waals surface area contributed by atoms with E-state index in [9.17, 15) is 9.18 Å². The van der Waals surface area contributed by atoms with Crippen molar-refractivity contribution in [3.05, 3.63) is 34.6 Å². The lowest BCUT2D eigenvalue weighted by Gasteiger charge is -2.16. The number of aryl methyl sites for hydroxylation is 1. The third kappa shape index (κ3) is 1.37. The predicted molar refractivity (Wildman–Crippen MR) is 48.4 cm³/mol. The summed E-state index contributed by atoms with van der Waals surface area (Å²) in [5.74, 6) is -0.213. The Hall–Kier alpha value is -1.18. The van der Waals surface area contributed by atoms with Crippen LogP contribution in [0, 0.1) is 12.7 Å². The number of halogens is 1. The number of benzene rings is 1. The molecule has 1 aromatic carbocycles. The van der Waals surface area contributed by atoms with Crippen molar-refractivity contribution in [3.63, 3.8) is 0 Å². The van der Waals surface area contributed by atoms with Crippen LogP contribution in [0.2, 0.25) is 0 Å². The highest BCUT2D eigenvalue weighted by molar-refractivity contribution is 5.98. The first-order chi connectivity index (χ1) is 6.18. The van der Waals surface area contributed by atoms with E-state index >= 15 is 0 Å². The van der Waals surface area contributed by atoms with Gasteiger partial charge in [-0.1, -0.05) is 0 Å². The zero-order valence-electron chi connectivity index (χ0n) is 7.56. The number of hydrogen-bond acceptors (Lipinski definition) is 1. The van der Waals surface area contributed by atoms with E-state index in [1.54, 1.807) is 0 Å². The van der Waals surface area contributed by atoms with Gasteiger partial charge in [-0.2, -0.15) is 0 Å². The van der Waals surface area contributed by atoms with Crippen LogP contribution in [0.25, 0.3) is 0 Å². The van der Waals surface area contributed by atoms with Crippen molar-refractivity contribution in [1.29, 1.82) is 0 Å². The fraction of sp³-hybridized carbons (Fsp3) is 0.364. The Morgan fingerprint density at radius 1 is 1.31 bits per heavy atom. The Balaban J connectivity index is 2.63. The van der Waals surface area contributed by atoms with Crippen LogP contribution in [-0.2, 0) is 6.42 Å². The molecule has 1 aliphatic carbocycles. The molecule has 0 aliphatic heterocycles. The second kappa shape index (κ2) is 2.95. The Labute approximate surface area is 76.6 Å². The van der Waals surface area contributed by atoms with Crippen molar-refractivity contribution in [2.75, 3.05) is 0 Å². The molecule has 13 heavy (non-hydrogen) atoms. The van der Waals surface area contributed by atoms with Crippen LogP contribution in [0.15, 0.2) is 12.1 Å². The van der Waals surface area contributed by atoms with E-state index in [0.717, 1.165) is 24.0 Å². The topological polar surface area (TPSA) is 17.1 Å². The lowest BCUT2D eigenvalue weighted by molar-refractivity contribution is 0.0972. The number of fused-ring (bicyclic) bond motifs is 1. The molecule has 1 aromatic rings. The summed E-state index contributed by atoms with van der Waals surface area (Å²) in [6.45, 7) is 1.86. The van der Waals surface area contributed by atoms with Crippen LogP contribution in [0.4, 0.5) is 4.39 Å². The zero-order valence-corrected chi connectivity index (χ0v) is 7.56. The molecule has 0 bridgehead atoms. The van der Waals surface area contributed by atoms with Gasteiger partial charge in [0.15, 0.2) is 5.78 Å². The molecule has 0 atom stereocenters. The number of carbonyl (C=O) groups excluding carboxylic acids is 1. The average Bonchev–Trinajstić information content (AvgIpc) is 2.07. The molecule has 2 rings (SSSR count). The highest BCUT2D eigenvalue weighted by Gasteiger charge is 2.19. The highest BCUT2D eigenvalue weighted by atomic mass is 19.1. The molecule has 2 heteroatoms. The van der Waals surface area contributed by atoms with Gasteiger partial charge in [0, 0.05) is 12.0 Å². The fourth-order valence-electron chi connectivity index (χ4n) is 1.91. The van der Waals surface area contributed by atoms with Gasteiger partial charge in [0.25, 0.3) is 0 Å². The maximum Gasteiger partial charge on any atom is 0.163 e. The smallest absolute Gasteiger partial charge is 0.163 e. The highest BCUT2D eigenvalue weighted by Crippen LogP contribution is 2.25. The van der Waals surface area contributed by atoms with Gasteiger partial charge in [0.1, 0.15) is 5.82 Å². The van der Waals surface area contributed by atoms with Crippen molar-refractivity contribution < 1.29 is 9.18 Å². The second-order valence-electron chi connectivity index (χ2n) is 3.53. The number of hydrogen-bond donors (Lipinski definition) is 0. The minimum absolute atomic E-state index is 0.0869. The third-order valence-electron chi connectivity index (χ3n) is 2.57. The molecule has 1 aliphatic rings. The Bertz CT molecular complexity index is 369. The van der Waals surface area contributed by atoms with Crippen LogP contribution in [-0.4, -0.2) is 5.78 Å². The van der Waals surface area contributed by atoms with Crippen molar-refractivity contribution in [3.8, 4) is 0 Å². The Kier molecular flexibility index (Phi) is 1.91. The Morgan fingerprint density at radius 2 is 2.08 bits per heavy atom. The molecule has 0 saturated carbocycles. The van der Waals surface area contributed by atoms with Gasteiger partial charge in [0.2, 0.25) is 0 Å². The summed E-state index contributed by atoms with van der Waals surface area (Å²) in [5, 5.41) is 0. The molecular weight excluding hydrogens is 167 g/mol. The minimum Gasteiger partial charge on any atom is -0.294 e. The Morgan fingerprint density at radius 3 is 2.85 bits per heavy atom. The van der Waals surface area contributed by atoms with E-state index in [2.05, 4.69) is 0 Å². The summed E-state index contributed by atoms with van der Waals surface area (Å²) < 4.78 is 13.0. The average molecular weight is 178 g/mol. The maximum absolute atomic E-state index is 13.0. The van der Waals surface area contributed by atoms with E-state index < -0.39 is 0 Å². The first-order valence-electron chi connectivity index (χ1n) is 4.50. The van der Waals surface area contributed by atoms with Crippen LogP contribution >= 0.6 is 0 Å². The van der Waals surface area contributed by atoms with Gasteiger partial charge < -0.3 is 0 Å². The first-order valence-corrected chi connectivity index (χ1v) is 4.50. The molecule has 0 radical (unpaired) electrons. The molecule has 0 spiro atoms. The van der Waals surface area contributed by atoms with Gasteiger partial charge in [0.05, 0.1) is 0 Å². The zero-order chi connectivity index (χ0) is 9.42. The molecule has 0 saturated heterocycles. The molecule has 68 valence electrons. The van der Waals surface area contributed by atoms with Gasteiger partial charge in [-0.3, -0.25) is 4.79 Å². The summed E-state index contributed by atoms with van der Waals surface area (Å²) in [6.07, 6.45) is 2.38. The van der Waals surface area contributed by atoms with Crippen LogP contribution in [0.5, 0.6) is 0 Å². The number of carbonyl (C=O) groups is 1. The van der Waals surface area contributed by atoms with Crippen LogP contribution < -0.4 is 0 Å². The van der Waals surface area contributed by atoms with Gasteiger partial charge in [-0.25, -0.2) is 4.39 Å². The van der Waals surface area contributed by atoms with Crippen molar-refractivity contribution in [1.82, 2.24) is 0 Å².